The number of hydrogen-bond donors (Lipinski definition) is 2. The Morgan fingerprint density at radius 1 is 0.971 bits per heavy atom. The number of aliphatic imine (C=N–C) groups is 1. The minimum atomic E-state index is 0. The van der Waals surface area contributed by atoms with Crippen LogP contribution in [0.25, 0.3) is 0 Å². The number of halogens is 1. The molecule has 3 aromatic rings. The van der Waals surface area contributed by atoms with Gasteiger partial charge in [0.2, 0.25) is 0 Å². The minimum absolute atomic E-state index is 0. The molecular formula is C26H35IN6O. The largest absolute Gasteiger partial charge is 0.379 e. The van der Waals surface area contributed by atoms with Gasteiger partial charge in [0, 0.05) is 51.7 Å². The van der Waals surface area contributed by atoms with Crippen molar-refractivity contribution in [3.8, 4) is 0 Å². The monoisotopic (exact) mass is 574 g/mol. The summed E-state index contributed by atoms with van der Waals surface area (Å²) in [5, 5.41) is 6.88. The molecule has 0 aliphatic carbocycles. The fraction of sp³-hybridized carbons (Fsp3) is 0.385. The molecule has 0 unspecified atom stereocenters. The number of morpholine rings is 1. The van der Waals surface area contributed by atoms with Crippen LogP contribution in [-0.4, -0.2) is 53.3 Å². The number of nitrogens with zero attached hydrogens (tertiary/aromatic N) is 4. The third-order valence-corrected chi connectivity index (χ3v) is 5.77. The van der Waals surface area contributed by atoms with Gasteiger partial charge in [-0.3, -0.25) is 4.90 Å². The smallest absolute Gasteiger partial charge is 0.191 e. The number of rotatable bonds is 9. The highest BCUT2D eigenvalue weighted by Crippen LogP contribution is 2.13. The van der Waals surface area contributed by atoms with E-state index in [1.807, 2.05) is 12.5 Å². The van der Waals surface area contributed by atoms with Crippen LogP contribution < -0.4 is 10.6 Å². The van der Waals surface area contributed by atoms with E-state index in [9.17, 15) is 0 Å². The second-order valence-corrected chi connectivity index (χ2v) is 8.26. The maximum atomic E-state index is 5.49. The number of nitrogens with one attached hydrogen (secondary N) is 2. The van der Waals surface area contributed by atoms with Gasteiger partial charge < -0.3 is 19.9 Å². The topological polar surface area (TPSA) is 66.7 Å². The molecular weight excluding hydrogens is 539 g/mol. The summed E-state index contributed by atoms with van der Waals surface area (Å²) in [6, 6.07) is 17.3. The van der Waals surface area contributed by atoms with Crippen LogP contribution in [0.15, 0.2) is 72.2 Å². The predicted molar refractivity (Wildman–Crippen MR) is 147 cm³/mol. The molecule has 1 aliphatic heterocycles. The molecule has 34 heavy (non-hydrogen) atoms. The summed E-state index contributed by atoms with van der Waals surface area (Å²) < 4.78 is 7.55. The van der Waals surface area contributed by atoms with Crippen LogP contribution in [0.1, 0.15) is 29.2 Å². The van der Waals surface area contributed by atoms with Gasteiger partial charge in [-0.1, -0.05) is 48.5 Å². The maximum absolute atomic E-state index is 5.49. The van der Waals surface area contributed by atoms with Gasteiger partial charge in [0.1, 0.15) is 0 Å². The van der Waals surface area contributed by atoms with E-state index in [4.69, 9.17) is 9.73 Å². The summed E-state index contributed by atoms with van der Waals surface area (Å²) in [6.07, 6.45) is 5.62. The van der Waals surface area contributed by atoms with Crippen LogP contribution in [0, 0.1) is 0 Å². The van der Waals surface area contributed by atoms with E-state index in [-0.39, 0.29) is 24.0 Å². The standard InChI is InChI=1S/C26H34N6O.HI/c1-2-28-26(29-17-22-7-9-23(10-8-22)19-32-12-11-27-21-32)30-18-24-5-3-4-6-25(24)20-31-13-15-33-16-14-31;/h3-12,21H,2,13-20H2,1H3,(H2,28,29,30);1H. The number of aromatic nitrogens is 2. The quantitative estimate of drug-likeness (QED) is 0.232. The molecule has 2 N–H and O–H groups in total. The van der Waals surface area contributed by atoms with E-state index in [2.05, 4.69) is 80.5 Å². The predicted octanol–water partition coefficient (Wildman–Crippen LogP) is 3.64. The molecule has 4 rings (SSSR count). The molecule has 1 aromatic heterocycles. The highest BCUT2D eigenvalue weighted by molar-refractivity contribution is 14.0. The van der Waals surface area contributed by atoms with Crippen LogP contribution >= 0.6 is 24.0 Å². The minimum Gasteiger partial charge on any atom is -0.379 e. The van der Waals surface area contributed by atoms with Crippen LogP contribution in [0.3, 0.4) is 0 Å². The average Bonchev–Trinajstić information content (AvgIpc) is 3.36. The SMILES string of the molecule is CCNC(=NCc1ccc(Cn2ccnc2)cc1)NCc1ccccc1CN1CCOCC1.I. The fourth-order valence-electron chi connectivity index (χ4n) is 3.92. The lowest BCUT2D eigenvalue weighted by Crippen LogP contribution is -2.38. The molecule has 0 spiro atoms. The molecule has 0 atom stereocenters. The fourth-order valence-corrected chi connectivity index (χ4v) is 3.92. The summed E-state index contributed by atoms with van der Waals surface area (Å²) in [6.45, 7) is 9.72. The second-order valence-electron chi connectivity index (χ2n) is 8.26. The third kappa shape index (κ3) is 8.11. The van der Waals surface area contributed by atoms with Gasteiger partial charge in [-0.15, -0.1) is 24.0 Å². The Labute approximate surface area is 219 Å². The highest BCUT2D eigenvalue weighted by atomic mass is 127. The first-order valence-electron chi connectivity index (χ1n) is 11.7. The number of imidazole rings is 1. The molecule has 7 nitrogen and oxygen atoms in total. The Hall–Kier alpha value is -2.43. The van der Waals surface area contributed by atoms with Gasteiger partial charge in [0.05, 0.1) is 26.1 Å². The van der Waals surface area contributed by atoms with Crippen molar-refractivity contribution in [2.24, 2.45) is 4.99 Å². The lowest BCUT2D eigenvalue weighted by atomic mass is 10.1. The molecule has 2 heterocycles. The van der Waals surface area contributed by atoms with Crippen LogP contribution in [0.2, 0.25) is 0 Å². The van der Waals surface area contributed by atoms with Crippen LogP contribution in [0.5, 0.6) is 0 Å². The first-order valence-corrected chi connectivity index (χ1v) is 11.7. The zero-order chi connectivity index (χ0) is 22.7. The van der Waals surface area contributed by atoms with Crippen molar-refractivity contribution in [1.82, 2.24) is 25.1 Å². The molecule has 1 saturated heterocycles. The van der Waals surface area contributed by atoms with Crippen molar-refractivity contribution in [2.75, 3.05) is 32.8 Å². The van der Waals surface area contributed by atoms with Gasteiger partial charge in [0.15, 0.2) is 5.96 Å². The highest BCUT2D eigenvalue weighted by Gasteiger charge is 2.12. The zero-order valence-corrected chi connectivity index (χ0v) is 22.2. The summed E-state index contributed by atoms with van der Waals surface area (Å²) in [5.41, 5.74) is 5.10. The van der Waals surface area contributed by atoms with Crippen molar-refractivity contribution in [2.45, 2.75) is 33.1 Å². The van der Waals surface area contributed by atoms with Gasteiger partial charge in [-0.25, -0.2) is 9.98 Å². The van der Waals surface area contributed by atoms with E-state index < -0.39 is 0 Å². The van der Waals surface area contributed by atoms with E-state index in [0.717, 1.165) is 58.4 Å². The second kappa shape index (κ2) is 14.1. The van der Waals surface area contributed by atoms with E-state index >= 15 is 0 Å². The first kappa shape index (κ1) is 26.2. The molecule has 0 radical (unpaired) electrons. The Bertz CT molecular complexity index is 1000. The normalized spacial score (nSPS) is 14.4. The van der Waals surface area contributed by atoms with Crippen molar-refractivity contribution < 1.29 is 4.74 Å². The lowest BCUT2D eigenvalue weighted by molar-refractivity contribution is 0.0341. The molecule has 0 saturated carbocycles. The van der Waals surface area contributed by atoms with E-state index in [1.54, 1.807) is 6.20 Å². The van der Waals surface area contributed by atoms with Crippen LogP contribution in [-0.2, 0) is 30.9 Å². The van der Waals surface area contributed by atoms with Crippen molar-refractivity contribution in [1.29, 1.82) is 0 Å². The molecule has 0 bridgehead atoms. The summed E-state index contributed by atoms with van der Waals surface area (Å²) in [5.74, 6) is 0.834. The van der Waals surface area contributed by atoms with Crippen molar-refractivity contribution in [3.05, 3.63) is 89.5 Å². The zero-order valence-electron chi connectivity index (χ0n) is 19.8. The molecule has 182 valence electrons. The van der Waals surface area contributed by atoms with Gasteiger partial charge >= 0.3 is 0 Å². The number of hydrogen-bond acceptors (Lipinski definition) is 4. The third-order valence-electron chi connectivity index (χ3n) is 5.77. The Kier molecular flexibility index (Phi) is 10.8. The number of guanidine groups is 1. The van der Waals surface area contributed by atoms with Crippen molar-refractivity contribution in [3.63, 3.8) is 0 Å². The molecule has 1 fully saturated rings. The van der Waals surface area contributed by atoms with Gasteiger partial charge in [-0.05, 0) is 29.2 Å². The summed E-state index contributed by atoms with van der Waals surface area (Å²) in [4.78, 5) is 11.4. The first-order chi connectivity index (χ1) is 16.3. The van der Waals surface area contributed by atoms with E-state index in [1.165, 1.54) is 22.3 Å². The van der Waals surface area contributed by atoms with Gasteiger partial charge in [0.25, 0.3) is 0 Å². The summed E-state index contributed by atoms with van der Waals surface area (Å²) in [7, 11) is 0. The molecule has 1 aliphatic rings. The summed E-state index contributed by atoms with van der Waals surface area (Å²) >= 11 is 0. The van der Waals surface area contributed by atoms with Crippen LogP contribution in [0.4, 0.5) is 0 Å². The number of benzene rings is 2. The Morgan fingerprint density at radius 3 is 2.41 bits per heavy atom. The molecule has 8 heteroatoms. The van der Waals surface area contributed by atoms with E-state index in [0.29, 0.717) is 6.54 Å². The Morgan fingerprint density at radius 2 is 1.71 bits per heavy atom. The molecule has 0 amide bonds. The molecule has 2 aromatic carbocycles. The lowest BCUT2D eigenvalue weighted by Gasteiger charge is -2.27. The maximum Gasteiger partial charge on any atom is 0.191 e. The number of ether oxygens (including phenoxy) is 1. The van der Waals surface area contributed by atoms with Crippen molar-refractivity contribution >= 4 is 29.9 Å². The van der Waals surface area contributed by atoms with Gasteiger partial charge in [-0.2, -0.15) is 0 Å². The Balaban J connectivity index is 0.00000324. The average molecular weight is 575 g/mol.